The van der Waals surface area contributed by atoms with Crippen LogP contribution >= 0.6 is 0 Å². The van der Waals surface area contributed by atoms with Crippen molar-refractivity contribution in [2.24, 2.45) is 5.92 Å². The van der Waals surface area contributed by atoms with Gasteiger partial charge in [-0.25, -0.2) is 24.1 Å². The van der Waals surface area contributed by atoms with Crippen LogP contribution in [0.15, 0.2) is 24.3 Å². The first-order valence-corrected chi connectivity index (χ1v) is 9.10. The van der Waals surface area contributed by atoms with Gasteiger partial charge in [-0.3, -0.25) is 0 Å². The number of ether oxygens (including phenoxy) is 2. The van der Waals surface area contributed by atoms with Crippen LogP contribution in [0.1, 0.15) is 51.4 Å². The number of amides is 3. The molecule has 0 spiro atoms. The van der Waals surface area contributed by atoms with Crippen molar-refractivity contribution in [1.82, 2.24) is 4.90 Å². The Morgan fingerprint density at radius 3 is 2.21 bits per heavy atom. The molecule has 0 fully saturated rings. The quantitative estimate of drug-likeness (QED) is 0.687. The highest BCUT2D eigenvalue weighted by atomic mass is 16.6. The number of imide groups is 1. The summed E-state index contributed by atoms with van der Waals surface area (Å²) in [5, 5.41) is 12.1. The zero-order chi connectivity index (χ0) is 22.4. The molecule has 1 rings (SSSR count). The average molecular weight is 408 g/mol. The molecule has 9 heteroatoms. The number of para-hydroxylation sites is 1. The van der Waals surface area contributed by atoms with Crippen molar-refractivity contribution in [3.05, 3.63) is 29.8 Å². The highest BCUT2D eigenvalue weighted by Crippen LogP contribution is 2.21. The van der Waals surface area contributed by atoms with E-state index in [0.29, 0.717) is 4.90 Å². The highest BCUT2D eigenvalue weighted by molar-refractivity contribution is 6.05. The molecule has 0 bridgehead atoms. The van der Waals surface area contributed by atoms with Crippen molar-refractivity contribution in [2.75, 3.05) is 12.4 Å². The average Bonchev–Trinajstić information content (AvgIpc) is 2.59. The van der Waals surface area contributed by atoms with Crippen molar-refractivity contribution in [3.8, 4) is 0 Å². The van der Waals surface area contributed by atoms with E-state index in [1.54, 1.807) is 46.8 Å². The fourth-order valence-electron chi connectivity index (χ4n) is 2.48. The Morgan fingerprint density at radius 1 is 1.14 bits per heavy atom. The lowest BCUT2D eigenvalue weighted by atomic mass is 10.0. The Morgan fingerprint density at radius 2 is 1.72 bits per heavy atom. The molecular formula is C20H28N2O7. The lowest BCUT2D eigenvalue weighted by molar-refractivity contribution is -0.142. The van der Waals surface area contributed by atoms with Crippen molar-refractivity contribution < 1.29 is 33.8 Å². The van der Waals surface area contributed by atoms with Gasteiger partial charge in [-0.05, 0) is 45.2 Å². The van der Waals surface area contributed by atoms with E-state index < -0.39 is 35.7 Å². The zero-order valence-corrected chi connectivity index (χ0v) is 17.5. The van der Waals surface area contributed by atoms with Crippen molar-refractivity contribution >= 4 is 29.8 Å². The highest BCUT2D eigenvalue weighted by Gasteiger charge is 2.38. The van der Waals surface area contributed by atoms with E-state index in [2.05, 4.69) is 10.1 Å². The molecule has 0 saturated carbocycles. The number of nitrogens with zero attached hydrogens (tertiary/aromatic N) is 1. The second kappa shape index (κ2) is 9.90. The zero-order valence-electron chi connectivity index (χ0n) is 17.5. The van der Waals surface area contributed by atoms with Gasteiger partial charge in [0.25, 0.3) is 0 Å². The second-order valence-electron chi connectivity index (χ2n) is 7.80. The van der Waals surface area contributed by atoms with Gasteiger partial charge in [0.1, 0.15) is 11.6 Å². The molecule has 0 aliphatic carbocycles. The number of esters is 1. The molecule has 9 nitrogen and oxygen atoms in total. The molecule has 29 heavy (non-hydrogen) atoms. The Hall–Kier alpha value is -3.10. The van der Waals surface area contributed by atoms with E-state index >= 15 is 0 Å². The summed E-state index contributed by atoms with van der Waals surface area (Å²) in [4.78, 5) is 49.9. The number of aliphatic carboxylic acids is 1. The van der Waals surface area contributed by atoms with Crippen LogP contribution in [0.5, 0.6) is 0 Å². The van der Waals surface area contributed by atoms with Gasteiger partial charge in [-0.2, -0.15) is 0 Å². The lowest BCUT2D eigenvalue weighted by Crippen LogP contribution is -2.52. The molecule has 0 unspecified atom stereocenters. The maximum absolute atomic E-state index is 12.9. The van der Waals surface area contributed by atoms with Crippen LogP contribution in [0, 0.1) is 5.92 Å². The van der Waals surface area contributed by atoms with Gasteiger partial charge in [0, 0.05) is 0 Å². The lowest BCUT2D eigenvalue weighted by Gasteiger charge is -2.31. The van der Waals surface area contributed by atoms with E-state index in [0.717, 1.165) is 0 Å². The van der Waals surface area contributed by atoms with Crippen LogP contribution in [0.4, 0.5) is 15.3 Å². The minimum absolute atomic E-state index is 0.0284. The van der Waals surface area contributed by atoms with Gasteiger partial charge in [0.05, 0.1) is 18.4 Å². The van der Waals surface area contributed by atoms with Gasteiger partial charge in [0.2, 0.25) is 0 Å². The summed E-state index contributed by atoms with van der Waals surface area (Å²) >= 11 is 0. The molecule has 2 N–H and O–H groups in total. The minimum Gasteiger partial charge on any atom is -0.480 e. The molecule has 0 aliphatic heterocycles. The normalized spacial score (nSPS) is 12.1. The Labute approximate surface area is 170 Å². The fraction of sp³-hybridized carbons (Fsp3) is 0.500. The van der Waals surface area contributed by atoms with Crippen LogP contribution in [-0.4, -0.2) is 52.8 Å². The van der Waals surface area contributed by atoms with Crippen molar-refractivity contribution in [1.29, 1.82) is 0 Å². The van der Waals surface area contributed by atoms with Gasteiger partial charge >= 0.3 is 24.1 Å². The summed E-state index contributed by atoms with van der Waals surface area (Å²) in [5.74, 6) is -2.15. The summed E-state index contributed by atoms with van der Waals surface area (Å²) in [6.45, 7) is 8.35. The summed E-state index contributed by atoms with van der Waals surface area (Å²) in [5.41, 5.74) is -0.810. The molecule has 0 aliphatic rings. The van der Waals surface area contributed by atoms with Crippen LogP contribution in [0.25, 0.3) is 0 Å². The molecule has 0 radical (unpaired) electrons. The maximum Gasteiger partial charge on any atom is 0.419 e. The first-order chi connectivity index (χ1) is 13.4. The van der Waals surface area contributed by atoms with E-state index in [1.165, 1.54) is 19.2 Å². The summed E-state index contributed by atoms with van der Waals surface area (Å²) < 4.78 is 9.92. The molecule has 1 aromatic rings. The maximum atomic E-state index is 12.9. The summed E-state index contributed by atoms with van der Waals surface area (Å²) in [7, 11) is 1.19. The SMILES string of the molecule is COC(=O)c1ccccc1NC(=O)N(C(=O)OC(C)(C)C)[C@@H](CC(C)C)C(=O)O. The van der Waals surface area contributed by atoms with E-state index in [-0.39, 0.29) is 23.6 Å². The van der Waals surface area contributed by atoms with E-state index in [9.17, 15) is 24.3 Å². The van der Waals surface area contributed by atoms with Crippen LogP contribution < -0.4 is 5.32 Å². The van der Waals surface area contributed by atoms with E-state index in [1.807, 2.05) is 0 Å². The first kappa shape index (κ1) is 23.9. The van der Waals surface area contributed by atoms with Gasteiger partial charge < -0.3 is 19.9 Å². The smallest absolute Gasteiger partial charge is 0.419 e. The predicted molar refractivity (Wildman–Crippen MR) is 106 cm³/mol. The summed E-state index contributed by atoms with van der Waals surface area (Å²) in [6.07, 6.45) is -1.07. The molecular weight excluding hydrogens is 380 g/mol. The number of carboxylic acid groups (broad SMARTS) is 1. The number of nitrogens with one attached hydrogen (secondary N) is 1. The number of hydrogen-bond acceptors (Lipinski definition) is 6. The third-order valence-corrected chi connectivity index (χ3v) is 3.67. The topological polar surface area (TPSA) is 122 Å². The molecule has 160 valence electrons. The molecule has 0 aromatic heterocycles. The molecule has 0 saturated heterocycles. The third kappa shape index (κ3) is 7.10. The largest absolute Gasteiger partial charge is 0.480 e. The number of urea groups is 1. The van der Waals surface area contributed by atoms with Crippen molar-refractivity contribution in [3.63, 3.8) is 0 Å². The van der Waals surface area contributed by atoms with E-state index in [4.69, 9.17) is 4.74 Å². The van der Waals surface area contributed by atoms with Crippen LogP contribution in [-0.2, 0) is 14.3 Å². The van der Waals surface area contributed by atoms with Crippen molar-refractivity contribution in [2.45, 2.75) is 52.7 Å². The predicted octanol–water partition coefficient (Wildman–Crippen LogP) is 3.74. The minimum atomic E-state index is -1.45. The Kier molecular flexibility index (Phi) is 8.17. The first-order valence-electron chi connectivity index (χ1n) is 9.10. The number of hydrogen-bond donors (Lipinski definition) is 2. The molecule has 3 amide bonds. The second-order valence-corrected chi connectivity index (χ2v) is 7.80. The number of anilines is 1. The molecule has 1 aromatic carbocycles. The number of carboxylic acids is 1. The number of rotatable bonds is 6. The van der Waals surface area contributed by atoms with Gasteiger partial charge in [-0.1, -0.05) is 26.0 Å². The van der Waals surface area contributed by atoms with Crippen LogP contribution in [0.2, 0.25) is 0 Å². The fourth-order valence-corrected chi connectivity index (χ4v) is 2.48. The Bertz CT molecular complexity index is 768. The van der Waals surface area contributed by atoms with Gasteiger partial charge in [-0.15, -0.1) is 0 Å². The number of methoxy groups -OCH3 is 1. The summed E-state index contributed by atoms with van der Waals surface area (Å²) in [6, 6.07) is 3.55. The number of carbonyl (C=O) groups is 4. The molecule has 0 heterocycles. The molecule has 1 atom stereocenters. The monoisotopic (exact) mass is 408 g/mol. The Balaban J connectivity index is 3.31. The number of carbonyl (C=O) groups excluding carboxylic acids is 3. The standard InChI is InChI=1S/C20H28N2O7/c1-12(2)11-15(16(23)24)22(19(27)29-20(3,4)5)18(26)21-14-10-8-7-9-13(14)17(25)28-6/h7-10,12,15H,11H2,1-6H3,(H,21,26)(H,23,24)/t15-/m0/s1. The van der Waals surface area contributed by atoms with Crippen LogP contribution in [0.3, 0.4) is 0 Å². The number of benzene rings is 1. The van der Waals surface area contributed by atoms with Gasteiger partial charge in [0.15, 0.2) is 0 Å². The third-order valence-electron chi connectivity index (χ3n) is 3.67.